The first kappa shape index (κ1) is 14.6. The maximum Gasteiger partial charge on any atom is 0.342 e. The van der Waals surface area contributed by atoms with Crippen LogP contribution in [0.1, 0.15) is 10.4 Å². The number of hydrogen-bond acceptors (Lipinski definition) is 5. The van der Waals surface area contributed by atoms with Crippen LogP contribution in [0.5, 0.6) is 0 Å². The third-order valence-electron chi connectivity index (χ3n) is 2.09. The van der Waals surface area contributed by atoms with Crippen LogP contribution in [0, 0.1) is 5.82 Å². The van der Waals surface area contributed by atoms with Crippen LogP contribution < -0.4 is 10.5 Å². The molecule has 0 amide bonds. The van der Waals surface area contributed by atoms with E-state index in [0.29, 0.717) is 0 Å². The molecule has 0 aliphatic rings. The average molecular weight is 276 g/mol. The van der Waals surface area contributed by atoms with Gasteiger partial charge in [0, 0.05) is 13.1 Å². The van der Waals surface area contributed by atoms with Crippen LogP contribution in [-0.2, 0) is 14.8 Å². The summed E-state index contributed by atoms with van der Waals surface area (Å²) >= 11 is 0. The third-order valence-corrected chi connectivity index (χ3v) is 3.59. The maximum absolute atomic E-state index is 13.5. The molecule has 0 saturated carbocycles. The van der Waals surface area contributed by atoms with Crippen molar-refractivity contribution in [1.82, 2.24) is 4.72 Å². The van der Waals surface area contributed by atoms with Gasteiger partial charge in [-0.3, -0.25) is 0 Å². The Labute approximate surface area is 104 Å². The lowest BCUT2D eigenvalue weighted by Gasteiger charge is -2.10. The summed E-state index contributed by atoms with van der Waals surface area (Å²) in [5, 5.41) is 0. The fourth-order valence-corrected chi connectivity index (χ4v) is 2.55. The molecule has 0 radical (unpaired) electrons. The highest BCUT2D eigenvalue weighted by atomic mass is 32.2. The Morgan fingerprint density at radius 2 is 2.17 bits per heavy atom. The molecule has 6 nitrogen and oxygen atoms in total. The molecule has 0 atom stereocenters. The number of esters is 1. The maximum atomic E-state index is 13.5. The normalized spacial score (nSPS) is 11.3. The van der Waals surface area contributed by atoms with Crippen molar-refractivity contribution in [3.8, 4) is 0 Å². The Morgan fingerprint density at radius 1 is 1.50 bits per heavy atom. The van der Waals surface area contributed by atoms with Crippen molar-refractivity contribution in [3.05, 3.63) is 29.6 Å². The lowest BCUT2D eigenvalue weighted by Crippen LogP contribution is -2.30. The first-order valence-corrected chi connectivity index (χ1v) is 6.49. The van der Waals surface area contributed by atoms with E-state index in [1.54, 1.807) is 0 Å². The Hall–Kier alpha value is -1.51. The Balaban J connectivity index is 3.32. The van der Waals surface area contributed by atoms with E-state index in [4.69, 9.17) is 5.73 Å². The summed E-state index contributed by atoms with van der Waals surface area (Å²) in [7, 11) is -2.96. The van der Waals surface area contributed by atoms with E-state index < -0.39 is 32.3 Å². The molecule has 3 N–H and O–H groups in total. The van der Waals surface area contributed by atoms with Crippen molar-refractivity contribution in [3.63, 3.8) is 0 Å². The summed E-state index contributed by atoms with van der Waals surface area (Å²) < 4.78 is 43.7. The first-order chi connectivity index (χ1) is 8.44. The van der Waals surface area contributed by atoms with Crippen LogP contribution in [0.2, 0.25) is 0 Å². The average Bonchev–Trinajstić information content (AvgIpc) is 2.35. The van der Waals surface area contributed by atoms with E-state index >= 15 is 0 Å². The number of carbonyl (C=O) groups excluding carboxylic acids is 1. The molecule has 18 heavy (non-hydrogen) atoms. The van der Waals surface area contributed by atoms with Crippen molar-refractivity contribution in [2.75, 3.05) is 20.2 Å². The van der Waals surface area contributed by atoms with E-state index in [0.717, 1.165) is 19.2 Å². The number of rotatable bonds is 5. The fourth-order valence-electron chi connectivity index (χ4n) is 1.30. The van der Waals surface area contributed by atoms with Crippen LogP contribution in [0.15, 0.2) is 23.1 Å². The van der Waals surface area contributed by atoms with Gasteiger partial charge in [0.2, 0.25) is 10.0 Å². The van der Waals surface area contributed by atoms with E-state index in [9.17, 15) is 17.6 Å². The molecule has 0 fully saturated rings. The van der Waals surface area contributed by atoms with Gasteiger partial charge in [0.05, 0.1) is 12.0 Å². The largest absolute Gasteiger partial charge is 0.465 e. The first-order valence-electron chi connectivity index (χ1n) is 5.00. The SMILES string of the molecule is COC(=O)c1c(F)cccc1S(=O)(=O)NCCN. The van der Waals surface area contributed by atoms with Gasteiger partial charge < -0.3 is 10.5 Å². The lowest BCUT2D eigenvalue weighted by atomic mass is 10.2. The Kier molecular flexibility index (Phi) is 4.76. The highest BCUT2D eigenvalue weighted by Crippen LogP contribution is 2.19. The molecule has 0 aliphatic heterocycles. The van der Waals surface area contributed by atoms with Gasteiger partial charge >= 0.3 is 5.97 Å². The number of carbonyl (C=O) groups is 1. The van der Waals surface area contributed by atoms with Crippen molar-refractivity contribution in [2.24, 2.45) is 5.73 Å². The van der Waals surface area contributed by atoms with Gasteiger partial charge in [-0.25, -0.2) is 22.3 Å². The second kappa shape index (κ2) is 5.89. The number of hydrogen-bond donors (Lipinski definition) is 2. The van der Waals surface area contributed by atoms with Crippen LogP contribution >= 0.6 is 0 Å². The van der Waals surface area contributed by atoms with Gasteiger partial charge in [0.25, 0.3) is 0 Å². The molecule has 1 rings (SSSR count). The number of halogens is 1. The van der Waals surface area contributed by atoms with Crippen molar-refractivity contribution < 1.29 is 22.3 Å². The number of nitrogens with two attached hydrogens (primary N) is 1. The van der Waals surface area contributed by atoms with Crippen LogP contribution in [-0.4, -0.2) is 34.6 Å². The van der Waals surface area contributed by atoms with Gasteiger partial charge in [0.15, 0.2) is 0 Å². The molecule has 0 heterocycles. The van der Waals surface area contributed by atoms with Crippen LogP contribution in [0.4, 0.5) is 4.39 Å². The van der Waals surface area contributed by atoms with Crippen molar-refractivity contribution in [2.45, 2.75) is 4.90 Å². The molecular weight excluding hydrogens is 263 g/mol. The summed E-state index contributed by atoms with van der Waals surface area (Å²) in [6.07, 6.45) is 0. The Morgan fingerprint density at radius 3 is 2.72 bits per heavy atom. The minimum absolute atomic E-state index is 0.0144. The summed E-state index contributed by atoms with van der Waals surface area (Å²) in [6.45, 7) is 0.0710. The summed E-state index contributed by atoms with van der Waals surface area (Å²) in [5.41, 5.74) is 4.55. The van der Waals surface area contributed by atoms with Crippen LogP contribution in [0.25, 0.3) is 0 Å². The molecular formula is C10H13FN2O4S. The van der Waals surface area contributed by atoms with Crippen molar-refractivity contribution >= 4 is 16.0 Å². The van der Waals surface area contributed by atoms with Gasteiger partial charge in [-0.1, -0.05) is 6.07 Å². The topological polar surface area (TPSA) is 98.5 Å². The van der Waals surface area contributed by atoms with E-state index in [1.807, 2.05) is 0 Å². The summed E-state index contributed by atoms with van der Waals surface area (Å²) in [6, 6.07) is 3.29. The van der Waals surface area contributed by atoms with Gasteiger partial charge in [-0.15, -0.1) is 0 Å². The third kappa shape index (κ3) is 3.03. The van der Waals surface area contributed by atoms with E-state index in [-0.39, 0.29) is 13.1 Å². The zero-order valence-corrected chi connectivity index (χ0v) is 10.5. The molecule has 0 aliphatic carbocycles. The molecule has 0 aromatic heterocycles. The minimum atomic E-state index is -4.00. The predicted octanol–water partition coefficient (Wildman–Crippen LogP) is -0.151. The number of methoxy groups -OCH3 is 1. The molecule has 1 aromatic rings. The molecule has 0 spiro atoms. The molecule has 0 unspecified atom stereocenters. The van der Waals surface area contributed by atoms with Crippen molar-refractivity contribution in [1.29, 1.82) is 0 Å². The smallest absolute Gasteiger partial charge is 0.342 e. The molecule has 0 saturated heterocycles. The highest BCUT2D eigenvalue weighted by Gasteiger charge is 2.25. The molecule has 0 bridgehead atoms. The minimum Gasteiger partial charge on any atom is -0.465 e. The van der Waals surface area contributed by atoms with E-state index in [1.165, 1.54) is 6.07 Å². The molecule has 1 aromatic carbocycles. The lowest BCUT2D eigenvalue weighted by molar-refractivity contribution is 0.0590. The number of ether oxygens (including phenoxy) is 1. The fraction of sp³-hybridized carbons (Fsp3) is 0.300. The highest BCUT2D eigenvalue weighted by molar-refractivity contribution is 7.89. The number of sulfonamides is 1. The number of benzene rings is 1. The zero-order valence-electron chi connectivity index (χ0n) is 9.64. The van der Waals surface area contributed by atoms with Gasteiger partial charge in [-0.2, -0.15) is 0 Å². The second-order valence-electron chi connectivity index (χ2n) is 3.29. The van der Waals surface area contributed by atoms with Crippen LogP contribution in [0.3, 0.4) is 0 Å². The number of nitrogens with one attached hydrogen (secondary N) is 1. The Bertz CT molecular complexity index is 545. The summed E-state index contributed by atoms with van der Waals surface area (Å²) in [4.78, 5) is 10.9. The second-order valence-corrected chi connectivity index (χ2v) is 5.03. The van der Waals surface area contributed by atoms with Gasteiger partial charge in [-0.05, 0) is 12.1 Å². The molecule has 100 valence electrons. The monoisotopic (exact) mass is 276 g/mol. The van der Waals surface area contributed by atoms with E-state index in [2.05, 4.69) is 9.46 Å². The quantitative estimate of drug-likeness (QED) is 0.729. The predicted molar refractivity (Wildman–Crippen MR) is 62.0 cm³/mol. The summed E-state index contributed by atoms with van der Waals surface area (Å²) in [5.74, 6) is -2.02. The molecule has 8 heteroatoms. The van der Waals surface area contributed by atoms with Gasteiger partial charge in [0.1, 0.15) is 11.4 Å². The zero-order chi connectivity index (χ0) is 13.8. The standard InChI is InChI=1S/C10H13FN2O4S/c1-17-10(14)9-7(11)3-2-4-8(9)18(15,16)13-6-5-12/h2-4,13H,5-6,12H2,1H3.